The fourth-order valence-electron chi connectivity index (χ4n) is 5.33. The molecule has 0 atom stereocenters. The third-order valence-electron chi connectivity index (χ3n) is 7.61. The maximum absolute atomic E-state index is 5.47. The van der Waals surface area contributed by atoms with Crippen LogP contribution in [0.1, 0.15) is 44.2 Å². The number of rotatable bonds is 6. The van der Waals surface area contributed by atoms with Crippen LogP contribution in [0.25, 0.3) is 33.5 Å². The molecule has 0 unspecified atom stereocenters. The minimum absolute atomic E-state index is 0.412. The predicted molar refractivity (Wildman–Crippen MR) is 141 cm³/mol. The number of aromatic nitrogens is 6. The summed E-state index contributed by atoms with van der Waals surface area (Å²) in [5.41, 5.74) is 6.61. The van der Waals surface area contributed by atoms with Crippen molar-refractivity contribution in [2.45, 2.75) is 51.6 Å². The van der Waals surface area contributed by atoms with E-state index in [2.05, 4.69) is 51.0 Å². The highest BCUT2D eigenvalue weighted by atomic mass is 16.5. The van der Waals surface area contributed by atoms with E-state index in [1.54, 1.807) is 0 Å². The summed E-state index contributed by atoms with van der Waals surface area (Å²) in [6.45, 7) is 9.32. The highest BCUT2D eigenvalue weighted by Gasteiger charge is 2.21. The van der Waals surface area contributed by atoms with E-state index in [4.69, 9.17) is 19.8 Å². The van der Waals surface area contributed by atoms with E-state index < -0.39 is 0 Å². The molecule has 0 amide bonds. The Kier molecular flexibility index (Phi) is 6.41. The molecule has 0 spiro atoms. The second kappa shape index (κ2) is 9.99. The first-order valence-electron chi connectivity index (χ1n) is 13.1. The van der Waals surface area contributed by atoms with Crippen LogP contribution < -0.4 is 5.32 Å². The number of anilines is 1. The van der Waals surface area contributed by atoms with Gasteiger partial charge in [0.2, 0.25) is 0 Å². The van der Waals surface area contributed by atoms with Gasteiger partial charge in [0, 0.05) is 67.6 Å². The van der Waals surface area contributed by atoms with Crippen molar-refractivity contribution in [1.29, 1.82) is 0 Å². The Morgan fingerprint density at radius 3 is 2.67 bits per heavy atom. The molecule has 6 heterocycles. The molecule has 2 fully saturated rings. The number of nitrogens with zero attached hydrogens (tertiary/aromatic N) is 6. The number of hydrogen-bond acceptors (Lipinski definition) is 7. The Labute approximate surface area is 211 Å². The molecule has 2 aliphatic rings. The molecule has 2 aliphatic heterocycles. The molecular formula is C27H34N8O. The van der Waals surface area contributed by atoms with Crippen molar-refractivity contribution in [3.05, 3.63) is 42.6 Å². The highest BCUT2D eigenvalue weighted by Crippen LogP contribution is 2.31. The summed E-state index contributed by atoms with van der Waals surface area (Å²) in [6, 6.07) is 3.00. The Morgan fingerprint density at radius 1 is 1.06 bits per heavy atom. The maximum atomic E-state index is 5.47. The Morgan fingerprint density at radius 2 is 1.89 bits per heavy atom. The molecule has 0 saturated carbocycles. The summed E-state index contributed by atoms with van der Waals surface area (Å²) in [7, 11) is 0. The molecule has 4 aromatic rings. The second-order valence-electron chi connectivity index (χ2n) is 9.95. The van der Waals surface area contributed by atoms with Crippen LogP contribution in [0, 0.1) is 6.92 Å². The summed E-state index contributed by atoms with van der Waals surface area (Å²) in [5, 5.41) is 8.29. The van der Waals surface area contributed by atoms with Crippen LogP contribution >= 0.6 is 0 Å². The standard InChI is InChI=1S/C27H34N8O/c1-3-34-8-4-22(5-9-34)35-17-20(14-31-35)23-15-29-27-25(23)33-24(16-30-27)19-12-18(2)26(28-13-19)32-21-6-10-36-11-7-21/h12-17,21-22H,3-11H2,1-2H3,(H,28,32)(H,29,30). The fourth-order valence-corrected chi connectivity index (χ4v) is 5.33. The van der Waals surface area contributed by atoms with E-state index in [0.29, 0.717) is 12.1 Å². The molecule has 6 rings (SSSR count). The quantitative estimate of drug-likeness (QED) is 0.416. The first-order valence-corrected chi connectivity index (χ1v) is 13.1. The molecular weight excluding hydrogens is 452 g/mol. The van der Waals surface area contributed by atoms with E-state index in [1.165, 1.54) is 0 Å². The van der Waals surface area contributed by atoms with E-state index >= 15 is 0 Å². The second-order valence-corrected chi connectivity index (χ2v) is 9.95. The summed E-state index contributed by atoms with van der Waals surface area (Å²) in [6.07, 6.45) is 14.1. The van der Waals surface area contributed by atoms with Crippen molar-refractivity contribution in [2.24, 2.45) is 0 Å². The molecule has 36 heavy (non-hydrogen) atoms. The molecule has 9 heteroatoms. The first kappa shape index (κ1) is 23.1. The molecule has 9 nitrogen and oxygen atoms in total. The van der Waals surface area contributed by atoms with Gasteiger partial charge >= 0.3 is 0 Å². The van der Waals surface area contributed by atoms with Crippen LogP contribution in [-0.4, -0.2) is 73.5 Å². The normalized spacial score (nSPS) is 18.2. The van der Waals surface area contributed by atoms with E-state index in [1.807, 2.05) is 24.8 Å². The van der Waals surface area contributed by atoms with E-state index in [0.717, 1.165) is 103 Å². The zero-order valence-electron chi connectivity index (χ0n) is 21.1. The number of H-pyrrole nitrogens is 1. The SMILES string of the molecule is CCN1CCC(n2cc(-c3c[nH]c4ncc(-c5cnc(NC6CCOCC6)c(C)c5)nc34)cn2)CC1. The summed E-state index contributed by atoms with van der Waals surface area (Å²) < 4.78 is 7.60. The van der Waals surface area contributed by atoms with Crippen molar-refractivity contribution in [2.75, 3.05) is 38.2 Å². The van der Waals surface area contributed by atoms with Gasteiger partial charge in [0.15, 0.2) is 5.65 Å². The number of ether oxygens (including phenoxy) is 1. The molecule has 0 bridgehead atoms. The van der Waals surface area contributed by atoms with Gasteiger partial charge in [0.1, 0.15) is 11.3 Å². The minimum Gasteiger partial charge on any atom is -0.381 e. The molecule has 0 aromatic carbocycles. The van der Waals surface area contributed by atoms with Gasteiger partial charge in [-0.2, -0.15) is 5.10 Å². The van der Waals surface area contributed by atoms with Crippen molar-refractivity contribution in [1.82, 2.24) is 34.6 Å². The first-order chi connectivity index (χ1) is 17.7. The number of piperidine rings is 1. The van der Waals surface area contributed by atoms with Crippen LogP contribution in [0.5, 0.6) is 0 Å². The largest absolute Gasteiger partial charge is 0.381 e. The minimum atomic E-state index is 0.412. The fraction of sp³-hybridized carbons (Fsp3) is 0.481. The van der Waals surface area contributed by atoms with Crippen LogP contribution in [0.3, 0.4) is 0 Å². The van der Waals surface area contributed by atoms with Crippen molar-refractivity contribution >= 4 is 17.0 Å². The van der Waals surface area contributed by atoms with Gasteiger partial charge in [-0.25, -0.2) is 15.0 Å². The lowest BCUT2D eigenvalue weighted by atomic mass is 10.1. The summed E-state index contributed by atoms with van der Waals surface area (Å²) in [5.74, 6) is 0.930. The highest BCUT2D eigenvalue weighted by molar-refractivity contribution is 5.91. The number of pyridine rings is 1. The molecule has 188 valence electrons. The van der Waals surface area contributed by atoms with Crippen LogP contribution in [0.4, 0.5) is 5.82 Å². The predicted octanol–water partition coefficient (Wildman–Crippen LogP) is 4.44. The molecule has 2 saturated heterocycles. The number of nitrogens with one attached hydrogen (secondary N) is 2. The molecule has 2 N–H and O–H groups in total. The number of aryl methyl sites for hydroxylation is 1. The van der Waals surface area contributed by atoms with Crippen molar-refractivity contribution in [3.8, 4) is 22.4 Å². The van der Waals surface area contributed by atoms with Gasteiger partial charge in [-0.1, -0.05) is 6.92 Å². The smallest absolute Gasteiger partial charge is 0.156 e. The van der Waals surface area contributed by atoms with Crippen LogP contribution in [0.2, 0.25) is 0 Å². The number of aromatic amines is 1. The molecule has 4 aromatic heterocycles. The zero-order chi connectivity index (χ0) is 24.5. The van der Waals surface area contributed by atoms with Crippen molar-refractivity contribution < 1.29 is 4.74 Å². The van der Waals surface area contributed by atoms with E-state index in [-0.39, 0.29) is 0 Å². The van der Waals surface area contributed by atoms with Gasteiger partial charge in [-0.15, -0.1) is 0 Å². The lowest BCUT2D eigenvalue weighted by molar-refractivity contribution is 0.0904. The lowest BCUT2D eigenvalue weighted by Crippen LogP contribution is -2.34. The maximum Gasteiger partial charge on any atom is 0.156 e. The summed E-state index contributed by atoms with van der Waals surface area (Å²) >= 11 is 0. The van der Waals surface area contributed by atoms with Crippen LogP contribution in [-0.2, 0) is 4.74 Å². The van der Waals surface area contributed by atoms with Gasteiger partial charge in [-0.3, -0.25) is 4.68 Å². The van der Waals surface area contributed by atoms with Gasteiger partial charge in [-0.05, 0) is 50.8 Å². The average molecular weight is 487 g/mol. The summed E-state index contributed by atoms with van der Waals surface area (Å²) in [4.78, 5) is 20.2. The Bertz CT molecular complexity index is 1330. The lowest BCUT2D eigenvalue weighted by Gasteiger charge is -2.31. The molecule has 0 radical (unpaired) electrons. The third-order valence-corrected chi connectivity index (χ3v) is 7.61. The molecule has 0 aliphatic carbocycles. The Hall–Kier alpha value is -3.30. The number of fused-ring (bicyclic) bond motifs is 1. The number of likely N-dealkylation sites (tertiary alicyclic amines) is 1. The number of hydrogen-bond donors (Lipinski definition) is 2. The van der Waals surface area contributed by atoms with Gasteiger partial charge in [0.25, 0.3) is 0 Å². The average Bonchev–Trinajstić information content (AvgIpc) is 3.57. The Balaban J connectivity index is 1.24. The van der Waals surface area contributed by atoms with Crippen molar-refractivity contribution in [3.63, 3.8) is 0 Å². The van der Waals surface area contributed by atoms with Crippen LogP contribution in [0.15, 0.2) is 37.1 Å². The zero-order valence-corrected chi connectivity index (χ0v) is 21.1. The van der Waals surface area contributed by atoms with Gasteiger partial charge < -0.3 is 19.9 Å². The van der Waals surface area contributed by atoms with Gasteiger partial charge in [0.05, 0.1) is 24.1 Å². The topological polar surface area (TPSA) is 96.8 Å². The monoisotopic (exact) mass is 486 g/mol. The van der Waals surface area contributed by atoms with E-state index in [9.17, 15) is 0 Å². The third kappa shape index (κ3) is 4.60.